The third kappa shape index (κ3) is 4.21. The quantitative estimate of drug-likeness (QED) is 0.270. The molecule has 0 radical (unpaired) electrons. The second-order valence-corrected chi connectivity index (χ2v) is 8.11. The maximum absolute atomic E-state index is 13.2. The molecule has 0 saturated carbocycles. The summed E-state index contributed by atoms with van der Waals surface area (Å²) in [4.78, 5) is 13.2. The predicted octanol–water partition coefficient (Wildman–Crippen LogP) is 7.18. The van der Waals surface area contributed by atoms with E-state index in [9.17, 15) is 4.79 Å². The van der Waals surface area contributed by atoms with Crippen molar-refractivity contribution < 1.29 is 14.3 Å². The summed E-state index contributed by atoms with van der Waals surface area (Å²) >= 11 is 12.4. The second kappa shape index (κ2) is 9.68. The second-order valence-electron chi connectivity index (χ2n) is 7.33. The smallest absolute Gasteiger partial charge is 0.355 e. The predicted molar refractivity (Wildman–Crippen MR) is 130 cm³/mol. The van der Waals surface area contributed by atoms with Crippen molar-refractivity contribution >= 4 is 40.1 Å². The molecular formula is C26H23Cl2NO3. The number of para-hydroxylation sites is 1. The van der Waals surface area contributed by atoms with Gasteiger partial charge in [0.15, 0.2) is 0 Å². The molecule has 0 fully saturated rings. The monoisotopic (exact) mass is 467 g/mol. The standard InChI is InChI=1S/C26H23Cl2NO3/c1-3-31-26(30)25-23(18-10-5-4-9-17(18)2)19-11-6-7-13-21(19)29(25)15-16-32-22-14-8-12-20(27)24(22)28/h4-14H,3,15-16H2,1-2H3. The molecule has 164 valence electrons. The van der Waals surface area contributed by atoms with Gasteiger partial charge in [-0.15, -0.1) is 0 Å². The fourth-order valence-electron chi connectivity index (χ4n) is 3.92. The van der Waals surface area contributed by atoms with Gasteiger partial charge in [0.2, 0.25) is 0 Å². The van der Waals surface area contributed by atoms with E-state index in [2.05, 4.69) is 0 Å². The van der Waals surface area contributed by atoms with Crippen molar-refractivity contribution in [2.45, 2.75) is 20.4 Å². The third-order valence-electron chi connectivity index (χ3n) is 5.34. The van der Waals surface area contributed by atoms with Crippen molar-refractivity contribution in [2.75, 3.05) is 13.2 Å². The van der Waals surface area contributed by atoms with Crippen LogP contribution in [0, 0.1) is 6.92 Å². The van der Waals surface area contributed by atoms with E-state index in [4.69, 9.17) is 32.7 Å². The van der Waals surface area contributed by atoms with Crippen LogP contribution in [0.4, 0.5) is 0 Å². The topological polar surface area (TPSA) is 40.5 Å². The Morgan fingerprint density at radius 2 is 1.72 bits per heavy atom. The summed E-state index contributed by atoms with van der Waals surface area (Å²) in [5, 5.41) is 1.80. The number of carbonyl (C=O) groups is 1. The summed E-state index contributed by atoms with van der Waals surface area (Å²) in [6.07, 6.45) is 0. The fourth-order valence-corrected chi connectivity index (χ4v) is 4.26. The first kappa shape index (κ1) is 22.3. The molecule has 4 rings (SSSR count). The van der Waals surface area contributed by atoms with Gasteiger partial charge >= 0.3 is 5.97 Å². The number of carbonyl (C=O) groups excluding carboxylic acids is 1. The van der Waals surface area contributed by atoms with Crippen molar-refractivity contribution in [3.05, 3.63) is 88.0 Å². The van der Waals surface area contributed by atoms with Crippen LogP contribution in [0.5, 0.6) is 5.75 Å². The molecule has 1 aromatic heterocycles. The van der Waals surface area contributed by atoms with Gasteiger partial charge in [-0.1, -0.05) is 71.7 Å². The van der Waals surface area contributed by atoms with Gasteiger partial charge < -0.3 is 14.0 Å². The van der Waals surface area contributed by atoms with Crippen molar-refractivity contribution in [1.82, 2.24) is 4.57 Å². The summed E-state index contributed by atoms with van der Waals surface area (Å²) in [7, 11) is 0. The zero-order chi connectivity index (χ0) is 22.7. The Kier molecular flexibility index (Phi) is 6.73. The van der Waals surface area contributed by atoms with E-state index < -0.39 is 0 Å². The number of halogens is 2. The molecule has 0 aliphatic heterocycles. The summed E-state index contributed by atoms with van der Waals surface area (Å²) in [6, 6.07) is 21.3. The lowest BCUT2D eigenvalue weighted by Gasteiger charge is -2.14. The first-order valence-electron chi connectivity index (χ1n) is 10.4. The zero-order valence-electron chi connectivity index (χ0n) is 17.9. The number of benzene rings is 3. The number of esters is 1. The molecule has 0 amide bonds. The molecule has 32 heavy (non-hydrogen) atoms. The molecule has 0 aliphatic rings. The Labute approximate surface area is 197 Å². The van der Waals surface area contributed by atoms with Crippen molar-refractivity contribution in [3.63, 3.8) is 0 Å². The van der Waals surface area contributed by atoms with E-state index in [0.29, 0.717) is 41.2 Å². The maximum Gasteiger partial charge on any atom is 0.355 e. The Morgan fingerprint density at radius 1 is 0.969 bits per heavy atom. The number of hydrogen-bond donors (Lipinski definition) is 0. The lowest BCUT2D eigenvalue weighted by atomic mass is 9.97. The Balaban J connectivity index is 1.81. The number of fused-ring (bicyclic) bond motifs is 1. The van der Waals surface area contributed by atoms with Crippen LogP contribution in [-0.4, -0.2) is 23.8 Å². The summed E-state index contributed by atoms with van der Waals surface area (Å²) < 4.78 is 13.3. The molecule has 0 spiro atoms. The van der Waals surface area contributed by atoms with Crippen LogP contribution >= 0.6 is 23.2 Å². The summed E-state index contributed by atoms with van der Waals surface area (Å²) in [5.41, 5.74) is 4.42. The molecule has 4 aromatic rings. The highest BCUT2D eigenvalue weighted by molar-refractivity contribution is 6.42. The largest absolute Gasteiger partial charge is 0.490 e. The maximum atomic E-state index is 13.2. The Bertz CT molecular complexity index is 1280. The number of rotatable bonds is 7. The third-order valence-corrected chi connectivity index (χ3v) is 6.14. The molecule has 0 N–H and O–H groups in total. The Hall–Kier alpha value is -2.95. The van der Waals surface area contributed by atoms with Gasteiger partial charge in [-0.25, -0.2) is 4.79 Å². The van der Waals surface area contributed by atoms with E-state index in [1.54, 1.807) is 18.2 Å². The lowest BCUT2D eigenvalue weighted by molar-refractivity contribution is 0.0514. The van der Waals surface area contributed by atoms with Gasteiger partial charge in [-0.05, 0) is 43.2 Å². The fraction of sp³-hybridized carbons (Fsp3) is 0.192. The minimum atomic E-state index is -0.359. The van der Waals surface area contributed by atoms with Crippen LogP contribution < -0.4 is 4.74 Å². The van der Waals surface area contributed by atoms with Gasteiger partial charge in [0, 0.05) is 16.5 Å². The molecule has 1 heterocycles. The number of ether oxygens (including phenoxy) is 2. The van der Waals surface area contributed by atoms with Gasteiger partial charge in [0.25, 0.3) is 0 Å². The summed E-state index contributed by atoms with van der Waals surface area (Å²) in [6.45, 7) is 4.88. The SMILES string of the molecule is CCOC(=O)c1c(-c2ccccc2C)c2ccccc2n1CCOc1cccc(Cl)c1Cl. The first-order valence-corrected chi connectivity index (χ1v) is 11.2. The highest BCUT2D eigenvalue weighted by Crippen LogP contribution is 2.37. The minimum absolute atomic E-state index is 0.294. The van der Waals surface area contributed by atoms with Crippen LogP contribution in [0.15, 0.2) is 66.7 Å². The van der Waals surface area contributed by atoms with Crippen molar-refractivity contribution in [1.29, 1.82) is 0 Å². The van der Waals surface area contributed by atoms with E-state index in [1.165, 1.54) is 0 Å². The average molecular weight is 468 g/mol. The van der Waals surface area contributed by atoms with Crippen LogP contribution in [0.1, 0.15) is 23.0 Å². The highest BCUT2D eigenvalue weighted by atomic mass is 35.5. The Morgan fingerprint density at radius 3 is 2.50 bits per heavy atom. The van der Waals surface area contributed by atoms with Gasteiger partial charge in [0.1, 0.15) is 23.1 Å². The molecule has 0 atom stereocenters. The van der Waals surface area contributed by atoms with Gasteiger partial charge in [-0.2, -0.15) is 0 Å². The lowest BCUT2D eigenvalue weighted by Crippen LogP contribution is -2.17. The van der Waals surface area contributed by atoms with E-state index in [1.807, 2.05) is 66.9 Å². The van der Waals surface area contributed by atoms with Crippen molar-refractivity contribution in [3.8, 4) is 16.9 Å². The normalized spacial score (nSPS) is 11.0. The average Bonchev–Trinajstić information content (AvgIpc) is 3.11. The number of aromatic nitrogens is 1. The van der Waals surface area contributed by atoms with Gasteiger partial charge in [-0.3, -0.25) is 0 Å². The van der Waals surface area contributed by atoms with Crippen molar-refractivity contribution in [2.24, 2.45) is 0 Å². The van der Waals surface area contributed by atoms with E-state index in [0.717, 1.165) is 27.6 Å². The van der Waals surface area contributed by atoms with E-state index in [-0.39, 0.29) is 5.97 Å². The molecule has 0 saturated heterocycles. The van der Waals surface area contributed by atoms with Crippen LogP contribution in [0.2, 0.25) is 10.0 Å². The summed E-state index contributed by atoms with van der Waals surface area (Å²) in [5.74, 6) is 0.148. The number of hydrogen-bond acceptors (Lipinski definition) is 3. The first-order chi connectivity index (χ1) is 15.5. The van der Waals surface area contributed by atoms with Crippen LogP contribution in [0.3, 0.4) is 0 Å². The highest BCUT2D eigenvalue weighted by Gasteiger charge is 2.25. The molecule has 6 heteroatoms. The number of aryl methyl sites for hydroxylation is 1. The van der Waals surface area contributed by atoms with E-state index >= 15 is 0 Å². The molecular weight excluding hydrogens is 445 g/mol. The molecule has 0 unspecified atom stereocenters. The minimum Gasteiger partial charge on any atom is -0.490 e. The van der Waals surface area contributed by atoms with Crippen LogP contribution in [0.25, 0.3) is 22.0 Å². The zero-order valence-corrected chi connectivity index (χ0v) is 19.4. The van der Waals surface area contributed by atoms with Gasteiger partial charge in [0.05, 0.1) is 18.2 Å². The molecule has 3 aromatic carbocycles. The van der Waals surface area contributed by atoms with Crippen LogP contribution in [-0.2, 0) is 11.3 Å². The number of nitrogens with zero attached hydrogens (tertiary/aromatic N) is 1. The molecule has 4 nitrogen and oxygen atoms in total. The molecule has 0 bridgehead atoms. The molecule has 0 aliphatic carbocycles.